The van der Waals surface area contributed by atoms with Gasteiger partial charge >= 0.3 is 6.03 Å². The molecule has 1 atom stereocenters. The summed E-state index contributed by atoms with van der Waals surface area (Å²) in [5.74, 6) is 0.452. The Bertz CT molecular complexity index is 524. The highest BCUT2D eigenvalue weighted by atomic mass is 16.2. The predicted molar refractivity (Wildman–Crippen MR) is 83.4 cm³/mol. The second-order valence-electron chi connectivity index (χ2n) is 5.90. The molecule has 114 valence electrons. The summed E-state index contributed by atoms with van der Waals surface area (Å²) in [5, 5.41) is 8.48. The van der Waals surface area contributed by atoms with Crippen molar-refractivity contribution >= 4 is 17.6 Å². The smallest absolute Gasteiger partial charge is 0.319 e. The van der Waals surface area contributed by atoms with Crippen LogP contribution in [0.2, 0.25) is 0 Å². The Morgan fingerprint density at radius 1 is 1.10 bits per heavy atom. The minimum atomic E-state index is -0.305. The number of hydrogen-bond donors (Lipinski definition) is 3. The second kappa shape index (κ2) is 6.61. The summed E-state index contributed by atoms with van der Waals surface area (Å²) in [7, 11) is 0. The standard InChI is InChI=1S/C16H23N3O2/c1-10(2)17-16(21)19-14-7-5-4-6-13(14)15(20)18-11(3)12-8-9-12/h4-7,10-12H,8-9H2,1-3H3,(H,18,20)(H2,17,19,21). The van der Waals surface area contributed by atoms with E-state index in [-0.39, 0.29) is 24.0 Å². The quantitative estimate of drug-likeness (QED) is 0.780. The fraction of sp³-hybridized carbons (Fsp3) is 0.500. The molecule has 21 heavy (non-hydrogen) atoms. The van der Waals surface area contributed by atoms with Gasteiger partial charge in [-0.3, -0.25) is 4.79 Å². The van der Waals surface area contributed by atoms with Gasteiger partial charge in [-0.05, 0) is 51.7 Å². The second-order valence-corrected chi connectivity index (χ2v) is 5.90. The average Bonchev–Trinajstić information content (AvgIpc) is 3.22. The van der Waals surface area contributed by atoms with Crippen molar-refractivity contribution in [3.8, 4) is 0 Å². The Morgan fingerprint density at radius 3 is 2.38 bits per heavy atom. The van der Waals surface area contributed by atoms with Gasteiger partial charge in [0.25, 0.3) is 5.91 Å². The van der Waals surface area contributed by atoms with Crippen molar-refractivity contribution in [3.63, 3.8) is 0 Å². The summed E-state index contributed by atoms with van der Waals surface area (Å²) in [6.07, 6.45) is 2.36. The molecule has 5 nitrogen and oxygen atoms in total. The van der Waals surface area contributed by atoms with Gasteiger partial charge in [0.05, 0.1) is 11.3 Å². The van der Waals surface area contributed by atoms with Gasteiger partial charge < -0.3 is 16.0 Å². The van der Waals surface area contributed by atoms with Crippen molar-refractivity contribution in [2.24, 2.45) is 5.92 Å². The summed E-state index contributed by atoms with van der Waals surface area (Å²) in [6.45, 7) is 5.79. The Labute approximate surface area is 125 Å². The molecule has 1 fully saturated rings. The normalized spacial score (nSPS) is 15.4. The molecule has 0 aliphatic heterocycles. The number of benzene rings is 1. The number of para-hydroxylation sites is 1. The molecule has 0 aromatic heterocycles. The highest BCUT2D eigenvalue weighted by molar-refractivity contribution is 6.03. The predicted octanol–water partition coefficient (Wildman–Crippen LogP) is 2.74. The number of nitrogens with one attached hydrogen (secondary N) is 3. The number of amides is 3. The van der Waals surface area contributed by atoms with Crippen molar-refractivity contribution in [1.29, 1.82) is 0 Å². The zero-order valence-electron chi connectivity index (χ0n) is 12.8. The van der Waals surface area contributed by atoms with Crippen LogP contribution in [0.4, 0.5) is 10.5 Å². The van der Waals surface area contributed by atoms with E-state index in [1.54, 1.807) is 24.3 Å². The van der Waals surface area contributed by atoms with Crippen molar-refractivity contribution in [1.82, 2.24) is 10.6 Å². The highest BCUT2D eigenvalue weighted by Gasteiger charge is 2.29. The van der Waals surface area contributed by atoms with Gasteiger partial charge in [0.2, 0.25) is 0 Å². The Morgan fingerprint density at radius 2 is 1.76 bits per heavy atom. The summed E-state index contributed by atoms with van der Waals surface area (Å²) in [6, 6.07) is 6.96. The molecule has 5 heteroatoms. The van der Waals surface area contributed by atoms with Crippen LogP contribution >= 0.6 is 0 Å². The SMILES string of the molecule is CC(C)NC(=O)Nc1ccccc1C(=O)NC(C)C1CC1. The number of urea groups is 1. The summed E-state index contributed by atoms with van der Waals surface area (Å²) >= 11 is 0. The lowest BCUT2D eigenvalue weighted by Gasteiger charge is -2.16. The summed E-state index contributed by atoms with van der Waals surface area (Å²) in [4.78, 5) is 24.1. The lowest BCUT2D eigenvalue weighted by atomic mass is 10.1. The van der Waals surface area contributed by atoms with Gasteiger partial charge in [-0.1, -0.05) is 12.1 Å². The number of carbonyl (C=O) groups is 2. The molecule has 0 spiro atoms. The van der Waals surface area contributed by atoms with Gasteiger partial charge in [0.15, 0.2) is 0 Å². The van der Waals surface area contributed by atoms with E-state index in [4.69, 9.17) is 0 Å². The first-order valence-corrected chi connectivity index (χ1v) is 7.44. The Kier molecular flexibility index (Phi) is 4.83. The maximum absolute atomic E-state index is 12.3. The van der Waals surface area contributed by atoms with E-state index >= 15 is 0 Å². The van der Waals surface area contributed by atoms with Crippen LogP contribution in [0.25, 0.3) is 0 Å². The molecule has 1 aliphatic carbocycles. The molecule has 1 unspecified atom stereocenters. The molecular weight excluding hydrogens is 266 g/mol. The first-order valence-electron chi connectivity index (χ1n) is 7.44. The van der Waals surface area contributed by atoms with E-state index in [0.29, 0.717) is 17.2 Å². The van der Waals surface area contributed by atoms with Crippen LogP contribution < -0.4 is 16.0 Å². The van der Waals surface area contributed by atoms with Crippen molar-refractivity contribution in [2.45, 2.75) is 45.7 Å². The summed E-state index contributed by atoms with van der Waals surface area (Å²) in [5.41, 5.74) is 1.01. The molecule has 1 saturated carbocycles. The number of anilines is 1. The molecule has 2 rings (SSSR count). The first-order chi connectivity index (χ1) is 9.97. The fourth-order valence-corrected chi connectivity index (χ4v) is 2.21. The van der Waals surface area contributed by atoms with E-state index in [1.807, 2.05) is 20.8 Å². The molecule has 3 N–H and O–H groups in total. The van der Waals surface area contributed by atoms with Gasteiger partial charge in [0, 0.05) is 12.1 Å². The van der Waals surface area contributed by atoms with E-state index < -0.39 is 0 Å². The third-order valence-corrected chi connectivity index (χ3v) is 3.53. The van der Waals surface area contributed by atoms with Crippen LogP contribution in [0.15, 0.2) is 24.3 Å². The lowest BCUT2D eigenvalue weighted by molar-refractivity contribution is 0.0936. The van der Waals surface area contributed by atoms with Crippen molar-refractivity contribution in [3.05, 3.63) is 29.8 Å². The van der Waals surface area contributed by atoms with E-state index in [1.165, 1.54) is 12.8 Å². The molecule has 0 bridgehead atoms. The van der Waals surface area contributed by atoms with Crippen LogP contribution in [-0.2, 0) is 0 Å². The highest BCUT2D eigenvalue weighted by Crippen LogP contribution is 2.32. The zero-order chi connectivity index (χ0) is 15.4. The minimum absolute atomic E-state index is 0.0425. The molecule has 3 amide bonds. The topological polar surface area (TPSA) is 70.2 Å². The summed E-state index contributed by atoms with van der Waals surface area (Å²) < 4.78 is 0. The molecule has 1 aromatic carbocycles. The zero-order valence-corrected chi connectivity index (χ0v) is 12.8. The molecule has 1 aromatic rings. The van der Waals surface area contributed by atoms with Gasteiger partial charge in [0.1, 0.15) is 0 Å². The van der Waals surface area contributed by atoms with Crippen LogP contribution in [0.1, 0.15) is 44.0 Å². The first kappa shape index (κ1) is 15.4. The average molecular weight is 289 g/mol. The Hall–Kier alpha value is -2.04. The van der Waals surface area contributed by atoms with Gasteiger partial charge in [-0.15, -0.1) is 0 Å². The molecule has 0 heterocycles. The largest absolute Gasteiger partial charge is 0.349 e. The molecule has 0 saturated heterocycles. The molecule has 0 radical (unpaired) electrons. The van der Waals surface area contributed by atoms with Crippen LogP contribution in [0.3, 0.4) is 0 Å². The lowest BCUT2D eigenvalue weighted by Crippen LogP contribution is -2.36. The van der Waals surface area contributed by atoms with E-state index in [2.05, 4.69) is 16.0 Å². The maximum Gasteiger partial charge on any atom is 0.319 e. The fourth-order valence-electron chi connectivity index (χ4n) is 2.21. The molecule has 1 aliphatic rings. The van der Waals surface area contributed by atoms with Gasteiger partial charge in [-0.25, -0.2) is 4.79 Å². The Balaban J connectivity index is 2.04. The van der Waals surface area contributed by atoms with Crippen LogP contribution in [0.5, 0.6) is 0 Å². The third-order valence-electron chi connectivity index (χ3n) is 3.53. The third kappa shape index (κ3) is 4.48. The van der Waals surface area contributed by atoms with Crippen molar-refractivity contribution in [2.75, 3.05) is 5.32 Å². The number of rotatable bonds is 5. The minimum Gasteiger partial charge on any atom is -0.349 e. The number of hydrogen-bond acceptors (Lipinski definition) is 2. The number of carbonyl (C=O) groups excluding carboxylic acids is 2. The van der Waals surface area contributed by atoms with Crippen LogP contribution in [-0.4, -0.2) is 24.0 Å². The van der Waals surface area contributed by atoms with Crippen molar-refractivity contribution < 1.29 is 9.59 Å². The van der Waals surface area contributed by atoms with E-state index in [9.17, 15) is 9.59 Å². The monoisotopic (exact) mass is 289 g/mol. The van der Waals surface area contributed by atoms with Crippen LogP contribution in [0, 0.1) is 5.92 Å². The van der Waals surface area contributed by atoms with Gasteiger partial charge in [-0.2, -0.15) is 0 Å². The maximum atomic E-state index is 12.3. The molecular formula is C16H23N3O2. The van der Waals surface area contributed by atoms with E-state index in [0.717, 1.165) is 0 Å².